The first-order chi connectivity index (χ1) is 10.2. The van der Waals surface area contributed by atoms with Gasteiger partial charge < -0.3 is 10.1 Å². The molecule has 0 radical (unpaired) electrons. The Balaban J connectivity index is 2.19. The Labute approximate surface area is 134 Å². The van der Waals surface area contributed by atoms with E-state index in [1.165, 1.54) is 37.7 Å². The summed E-state index contributed by atoms with van der Waals surface area (Å²) in [5.74, 6) is 2.53. The zero-order valence-corrected chi connectivity index (χ0v) is 14.2. The number of hydrogen-bond donors (Lipinski definition) is 1. The number of rotatable bonds is 6. The summed E-state index contributed by atoms with van der Waals surface area (Å²) in [4.78, 5) is 0. The van der Waals surface area contributed by atoms with Gasteiger partial charge >= 0.3 is 0 Å². The molecule has 3 heteroatoms. The predicted octanol–water partition coefficient (Wildman–Crippen LogP) is 5.22. The first-order valence-electron chi connectivity index (χ1n) is 8.26. The van der Waals surface area contributed by atoms with Crippen molar-refractivity contribution in [1.82, 2.24) is 5.32 Å². The molecule has 1 aromatic carbocycles. The minimum absolute atomic E-state index is 0.375. The molecule has 0 amide bonds. The van der Waals surface area contributed by atoms with Gasteiger partial charge in [0.05, 0.1) is 7.11 Å². The van der Waals surface area contributed by atoms with Gasteiger partial charge in [0.25, 0.3) is 0 Å². The molecule has 0 bridgehead atoms. The van der Waals surface area contributed by atoms with E-state index in [2.05, 4.69) is 25.2 Å². The van der Waals surface area contributed by atoms with Gasteiger partial charge in [-0.25, -0.2) is 0 Å². The van der Waals surface area contributed by atoms with E-state index in [0.717, 1.165) is 23.2 Å². The lowest BCUT2D eigenvalue weighted by Crippen LogP contribution is -2.31. The monoisotopic (exact) mass is 309 g/mol. The Hall–Kier alpha value is -0.730. The molecule has 1 N–H and O–H groups in total. The summed E-state index contributed by atoms with van der Waals surface area (Å²) >= 11 is 6.10. The first kappa shape index (κ1) is 16.6. The van der Waals surface area contributed by atoms with E-state index in [4.69, 9.17) is 16.3 Å². The zero-order chi connectivity index (χ0) is 15.2. The van der Waals surface area contributed by atoms with E-state index >= 15 is 0 Å². The fourth-order valence-corrected chi connectivity index (χ4v) is 3.78. The molecule has 1 fully saturated rings. The summed E-state index contributed by atoms with van der Waals surface area (Å²) in [5.41, 5.74) is 1.25. The van der Waals surface area contributed by atoms with Crippen molar-refractivity contribution < 1.29 is 4.74 Å². The molecule has 1 unspecified atom stereocenters. The summed E-state index contributed by atoms with van der Waals surface area (Å²) in [7, 11) is 1.73. The van der Waals surface area contributed by atoms with Crippen molar-refractivity contribution in [1.29, 1.82) is 0 Å². The minimum Gasteiger partial charge on any atom is -0.496 e. The SMILES string of the molecule is CCNC(c1ccc(Cl)cc1OC)C1CCC(CC)CC1. The fraction of sp³-hybridized carbons (Fsp3) is 0.667. The zero-order valence-electron chi connectivity index (χ0n) is 13.5. The lowest BCUT2D eigenvalue weighted by molar-refractivity contribution is 0.217. The lowest BCUT2D eigenvalue weighted by atomic mass is 9.76. The van der Waals surface area contributed by atoms with Gasteiger partial charge in [0.15, 0.2) is 0 Å². The molecule has 0 heterocycles. The molecule has 118 valence electrons. The number of benzene rings is 1. The average molecular weight is 310 g/mol. The lowest BCUT2D eigenvalue weighted by Gasteiger charge is -2.35. The van der Waals surface area contributed by atoms with Crippen LogP contribution >= 0.6 is 11.6 Å². The Morgan fingerprint density at radius 3 is 2.52 bits per heavy atom. The molecule has 1 aromatic rings. The van der Waals surface area contributed by atoms with E-state index in [9.17, 15) is 0 Å². The van der Waals surface area contributed by atoms with Crippen molar-refractivity contribution >= 4 is 11.6 Å². The van der Waals surface area contributed by atoms with E-state index < -0.39 is 0 Å². The summed E-state index contributed by atoms with van der Waals surface area (Å²) < 4.78 is 5.56. The third kappa shape index (κ3) is 4.14. The summed E-state index contributed by atoms with van der Waals surface area (Å²) in [6.07, 6.45) is 6.66. The van der Waals surface area contributed by atoms with Crippen LogP contribution in [0.1, 0.15) is 57.6 Å². The highest BCUT2D eigenvalue weighted by Gasteiger charge is 2.29. The van der Waals surface area contributed by atoms with Crippen LogP contribution in [-0.2, 0) is 0 Å². The first-order valence-corrected chi connectivity index (χ1v) is 8.64. The van der Waals surface area contributed by atoms with Crippen LogP contribution in [0.15, 0.2) is 18.2 Å². The van der Waals surface area contributed by atoms with Gasteiger partial charge in [-0.15, -0.1) is 0 Å². The van der Waals surface area contributed by atoms with Crippen molar-refractivity contribution in [2.24, 2.45) is 11.8 Å². The van der Waals surface area contributed by atoms with Crippen molar-refractivity contribution in [2.75, 3.05) is 13.7 Å². The summed E-state index contributed by atoms with van der Waals surface area (Å²) in [6.45, 7) is 5.46. The Morgan fingerprint density at radius 1 is 1.24 bits per heavy atom. The van der Waals surface area contributed by atoms with Crippen LogP contribution in [0.4, 0.5) is 0 Å². The van der Waals surface area contributed by atoms with Crippen LogP contribution in [0, 0.1) is 11.8 Å². The van der Waals surface area contributed by atoms with Gasteiger partial charge in [0.1, 0.15) is 5.75 Å². The highest BCUT2D eigenvalue weighted by atomic mass is 35.5. The second-order valence-corrected chi connectivity index (χ2v) is 6.55. The van der Waals surface area contributed by atoms with Crippen molar-refractivity contribution in [2.45, 2.75) is 52.0 Å². The number of halogens is 1. The van der Waals surface area contributed by atoms with E-state index in [-0.39, 0.29) is 0 Å². The number of methoxy groups -OCH3 is 1. The second-order valence-electron chi connectivity index (χ2n) is 6.11. The Morgan fingerprint density at radius 2 is 1.95 bits per heavy atom. The summed E-state index contributed by atoms with van der Waals surface area (Å²) in [6, 6.07) is 6.40. The Bertz CT molecular complexity index is 441. The van der Waals surface area contributed by atoms with Crippen molar-refractivity contribution in [3.05, 3.63) is 28.8 Å². The minimum atomic E-state index is 0.375. The standard InChI is InChI=1S/C18H28ClNO/c1-4-13-6-8-14(9-7-13)18(20-5-2)16-11-10-15(19)12-17(16)21-3/h10-14,18,20H,4-9H2,1-3H3. The number of ether oxygens (including phenoxy) is 1. The third-order valence-corrected chi connectivity index (χ3v) is 5.13. The number of nitrogens with one attached hydrogen (secondary N) is 1. The number of hydrogen-bond acceptors (Lipinski definition) is 2. The van der Waals surface area contributed by atoms with Crippen molar-refractivity contribution in [3.63, 3.8) is 0 Å². The molecule has 0 aliphatic heterocycles. The fourth-order valence-electron chi connectivity index (χ4n) is 3.62. The molecule has 1 aliphatic rings. The molecule has 1 saturated carbocycles. The maximum absolute atomic E-state index is 6.10. The van der Waals surface area contributed by atoms with Crippen LogP contribution in [0.2, 0.25) is 5.02 Å². The van der Waals surface area contributed by atoms with Gasteiger partial charge in [-0.2, -0.15) is 0 Å². The van der Waals surface area contributed by atoms with Crippen LogP contribution < -0.4 is 10.1 Å². The Kier molecular flexibility index (Phi) is 6.38. The van der Waals surface area contributed by atoms with Crippen LogP contribution in [0.3, 0.4) is 0 Å². The third-order valence-electron chi connectivity index (χ3n) is 4.89. The van der Waals surface area contributed by atoms with Gasteiger partial charge in [-0.3, -0.25) is 0 Å². The molecule has 0 spiro atoms. The highest BCUT2D eigenvalue weighted by molar-refractivity contribution is 6.30. The molecule has 0 saturated heterocycles. The molecule has 2 rings (SSSR count). The van der Waals surface area contributed by atoms with Gasteiger partial charge in [0, 0.05) is 16.6 Å². The highest BCUT2D eigenvalue weighted by Crippen LogP contribution is 2.40. The predicted molar refractivity (Wildman–Crippen MR) is 90.2 cm³/mol. The molecule has 1 atom stereocenters. The van der Waals surface area contributed by atoms with Crippen LogP contribution in [0.25, 0.3) is 0 Å². The molecule has 21 heavy (non-hydrogen) atoms. The van der Waals surface area contributed by atoms with E-state index in [1.807, 2.05) is 12.1 Å². The van der Waals surface area contributed by atoms with Crippen molar-refractivity contribution in [3.8, 4) is 5.75 Å². The molecule has 0 aromatic heterocycles. The van der Waals surface area contributed by atoms with Gasteiger partial charge in [0.2, 0.25) is 0 Å². The second kappa shape index (κ2) is 8.05. The molecular weight excluding hydrogens is 282 g/mol. The van der Waals surface area contributed by atoms with E-state index in [1.54, 1.807) is 7.11 Å². The maximum atomic E-state index is 6.10. The van der Waals surface area contributed by atoms with Gasteiger partial charge in [-0.05, 0) is 43.4 Å². The smallest absolute Gasteiger partial charge is 0.125 e. The quantitative estimate of drug-likeness (QED) is 0.778. The normalized spacial score (nSPS) is 23.8. The average Bonchev–Trinajstić information content (AvgIpc) is 2.53. The van der Waals surface area contributed by atoms with Gasteiger partial charge in [-0.1, -0.05) is 50.8 Å². The van der Waals surface area contributed by atoms with Crippen LogP contribution in [-0.4, -0.2) is 13.7 Å². The largest absolute Gasteiger partial charge is 0.496 e. The maximum Gasteiger partial charge on any atom is 0.125 e. The van der Waals surface area contributed by atoms with E-state index in [0.29, 0.717) is 12.0 Å². The molecule has 1 aliphatic carbocycles. The van der Waals surface area contributed by atoms with Crippen LogP contribution in [0.5, 0.6) is 5.75 Å². The molecular formula is C18H28ClNO. The topological polar surface area (TPSA) is 21.3 Å². The molecule has 2 nitrogen and oxygen atoms in total. The summed E-state index contributed by atoms with van der Waals surface area (Å²) in [5, 5.41) is 4.41.